The Morgan fingerprint density at radius 2 is 1.96 bits per heavy atom. The first-order chi connectivity index (χ1) is 13.4. The zero-order chi connectivity index (χ0) is 20.3. The molecule has 0 aliphatic rings. The molecule has 0 unspecified atom stereocenters. The fourth-order valence-corrected chi connectivity index (χ4v) is 3.40. The number of ether oxygens (including phenoxy) is 3. The third-order valence-electron chi connectivity index (χ3n) is 3.73. The number of nitrogens with zero attached hydrogens (tertiary/aromatic N) is 1. The molecule has 3 rings (SSSR count). The quantitative estimate of drug-likeness (QED) is 0.317. The Morgan fingerprint density at radius 1 is 1.18 bits per heavy atom. The number of carbonyl (C=O) groups is 1. The predicted octanol–water partition coefficient (Wildman–Crippen LogP) is 4.78. The number of non-ortho nitro benzene ring substituents is 1. The Bertz CT molecular complexity index is 1040. The van der Waals surface area contributed by atoms with E-state index in [1.807, 2.05) is 0 Å². The van der Waals surface area contributed by atoms with Gasteiger partial charge >= 0.3 is 12.6 Å². The van der Waals surface area contributed by atoms with Gasteiger partial charge in [0.2, 0.25) is 0 Å². The number of esters is 1. The molecule has 0 N–H and O–H groups in total. The average Bonchev–Trinajstić information content (AvgIpc) is 3.09. The van der Waals surface area contributed by atoms with Gasteiger partial charge in [-0.05, 0) is 29.8 Å². The molecular formula is C18H13F2NO6S. The number of nitro benzene ring substituents is 1. The van der Waals surface area contributed by atoms with Crippen LogP contribution in [-0.4, -0.2) is 24.6 Å². The molecule has 0 radical (unpaired) electrons. The standard InChI is InChI=1S/C18H13F2NO6S/c1-25-14-6-10(2-4-13(14)27-18(19)20)9-26-17(22)16-8-11-7-12(21(23)24)3-5-15(11)28-16/h2-8,18H,9H2,1H3. The highest BCUT2D eigenvalue weighted by Gasteiger charge is 2.16. The second kappa shape index (κ2) is 8.17. The molecule has 28 heavy (non-hydrogen) atoms. The number of methoxy groups -OCH3 is 1. The van der Waals surface area contributed by atoms with Crippen LogP contribution in [0.1, 0.15) is 15.2 Å². The minimum atomic E-state index is -2.98. The minimum Gasteiger partial charge on any atom is -0.493 e. The van der Waals surface area contributed by atoms with E-state index >= 15 is 0 Å². The van der Waals surface area contributed by atoms with Crippen molar-refractivity contribution >= 4 is 33.1 Å². The number of alkyl halides is 2. The smallest absolute Gasteiger partial charge is 0.387 e. The predicted molar refractivity (Wildman–Crippen MR) is 97.2 cm³/mol. The molecular weight excluding hydrogens is 396 g/mol. The molecule has 0 saturated carbocycles. The first-order valence-corrected chi connectivity index (χ1v) is 8.66. The number of rotatable bonds is 7. The van der Waals surface area contributed by atoms with Crippen LogP contribution in [0, 0.1) is 10.1 Å². The lowest BCUT2D eigenvalue weighted by molar-refractivity contribution is -0.384. The van der Waals surface area contributed by atoms with E-state index in [1.54, 1.807) is 6.07 Å². The molecule has 0 fully saturated rings. The normalized spacial score (nSPS) is 10.9. The van der Waals surface area contributed by atoms with Crippen LogP contribution in [0.3, 0.4) is 0 Å². The summed E-state index contributed by atoms with van der Waals surface area (Å²) < 4.78 is 40.0. The maximum absolute atomic E-state index is 12.4. The Balaban J connectivity index is 1.71. The Morgan fingerprint density at radius 3 is 2.64 bits per heavy atom. The summed E-state index contributed by atoms with van der Waals surface area (Å²) in [4.78, 5) is 22.9. The number of nitro groups is 1. The van der Waals surface area contributed by atoms with Crippen LogP contribution in [0.25, 0.3) is 10.1 Å². The molecule has 3 aromatic rings. The summed E-state index contributed by atoms with van der Waals surface area (Å²) in [5.41, 5.74) is 0.451. The van der Waals surface area contributed by atoms with E-state index in [1.165, 1.54) is 43.5 Å². The number of halogens is 2. The van der Waals surface area contributed by atoms with E-state index in [0.717, 1.165) is 11.3 Å². The van der Waals surface area contributed by atoms with Gasteiger partial charge in [0.05, 0.1) is 12.0 Å². The molecule has 0 aliphatic heterocycles. The highest BCUT2D eigenvalue weighted by molar-refractivity contribution is 7.20. The van der Waals surface area contributed by atoms with Gasteiger partial charge in [0.25, 0.3) is 5.69 Å². The van der Waals surface area contributed by atoms with Crippen molar-refractivity contribution in [3.05, 3.63) is 63.0 Å². The van der Waals surface area contributed by atoms with Crippen molar-refractivity contribution in [2.24, 2.45) is 0 Å². The fraction of sp³-hybridized carbons (Fsp3) is 0.167. The second-order valence-corrected chi connectivity index (χ2v) is 6.61. The summed E-state index contributed by atoms with van der Waals surface area (Å²) in [6, 6.07) is 10.0. The van der Waals surface area contributed by atoms with Crippen LogP contribution < -0.4 is 9.47 Å². The van der Waals surface area contributed by atoms with Crippen LogP contribution in [0.15, 0.2) is 42.5 Å². The van der Waals surface area contributed by atoms with Crippen molar-refractivity contribution in [3.63, 3.8) is 0 Å². The molecule has 7 nitrogen and oxygen atoms in total. The zero-order valence-corrected chi connectivity index (χ0v) is 15.2. The molecule has 146 valence electrons. The van der Waals surface area contributed by atoms with E-state index in [4.69, 9.17) is 9.47 Å². The second-order valence-electron chi connectivity index (χ2n) is 5.53. The largest absolute Gasteiger partial charge is 0.493 e. The van der Waals surface area contributed by atoms with Gasteiger partial charge in [-0.3, -0.25) is 10.1 Å². The Labute approximate surface area is 161 Å². The van der Waals surface area contributed by atoms with Gasteiger partial charge in [-0.25, -0.2) is 4.79 Å². The summed E-state index contributed by atoms with van der Waals surface area (Å²) in [6.45, 7) is -3.10. The first-order valence-electron chi connectivity index (χ1n) is 7.84. The molecule has 0 amide bonds. The van der Waals surface area contributed by atoms with Gasteiger partial charge in [0.1, 0.15) is 11.5 Å². The number of fused-ring (bicyclic) bond motifs is 1. The third-order valence-corrected chi connectivity index (χ3v) is 4.82. The number of hydrogen-bond acceptors (Lipinski definition) is 7. The summed E-state index contributed by atoms with van der Waals surface area (Å²) in [6.07, 6.45) is 0. The van der Waals surface area contributed by atoms with Crippen molar-refractivity contribution in [2.45, 2.75) is 13.2 Å². The van der Waals surface area contributed by atoms with Gasteiger partial charge in [-0.15, -0.1) is 11.3 Å². The maximum Gasteiger partial charge on any atom is 0.387 e. The van der Waals surface area contributed by atoms with Gasteiger partial charge in [0.15, 0.2) is 11.5 Å². The number of hydrogen-bond donors (Lipinski definition) is 0. The average molecular weight is 409 g/mol. The number of carbonyl (C=O) groups excluding carboxylic acids is 1. The molecule has 0 bridgehead atoms. The molecule has 0 atom stereocenters. The first kappa shape index (κ1) is 19.5. The maximum atomic E-state index is 12.4. The van der Waals surface area contributed by atoms with Crippen LogP contribution >= 0.6 is 11.3 Å². The fourth-order valence-electron chi connectivity index (χ4n) is 2.46. The molecule has 2 aromatic carbocycles. The summed E-state index contributed by atoms with van der Waals surface area (Å²) in [5.74, 6) is -0.641. The van der Waals surface area contributed by atoms with Crippen LogP contribution in [0.2, 0.25) is 0 Å². The van der Waals surface area contributed by atoms with Gasteiger partial charge in [-0.2, -0.15) is 8.78 Å². The van der Waals surface area contributed by atoms with Gasteiger partial charge in [0, 0.05) is 22.2 Å². The molecule has 1 heterocycles. The molecule has 0 aliphatic carbocycles. The van der Waals surface area contributed by atoms with Crippen LogP contribution in [0.5, 0.6) is 11.5 Å². The van der Waals surface area contributed by atoms with Crippen molar-refractivity contribution in [1.29, 1.82) is 0 Å². The van der Waals surface area contributed by atoms with E-state index < -0.39 is 17.5 Å². The van der Waals surface area contributed by atoms with Crippen LogP contribution in [0.4, 0.5) is 14.5 Å². The van der Waals surface area contributed by atoms with Crippen molar-refractivity contribution < 1.29 is 32.7 Å². The Kier molecular flexibility index (Phi) is 5.69. The monoisotopic (exact) mass is 409 g/mol. The highest BCUT2D eigenvalue weighted by atomic mass is 32.1. The number of thiophene rings is 1. The SMILES string of the molecule is COc1cc(COC(=O)c2cc3cc([N+](=O)[O-])ccc3s2)ccc1OC(F)F. The van der Waals surface area contributed by atoms with Gasteiger partial charge in [-0.1, -0.05) is 6.07 Å². The lowest BCUT2D eigenvalue weighted by Gasteiger charge is -2.11. The van der Waals surface area contributed by atoms with Gasteiger partial charge < -0.3 is 14.2 Å². The topological polar surface area (TPSA) is 87.9 Å². The molecule has 0 spiro atoms. The molecule has 10 heteroatoms. The van der Waals surface area contributed by atoms with E-state index in [2.05, 4.69) is 4.74 Å². The lowest BCUT2D eigenvalue weighted by Crippen LogP contribution is -2.05. The van der Waals surface area contributed by atoms with E-state index in [0.29, 0.717) is 20.5 Å². The van der Waals surface area contributed by atoms with E-state index in [9.17, 15) is 23.7 Å². The Hall–Kier alpha value is -3.27. The zero-order valence-electron chi connectivity index (χ0n) is 14.4. The van der Waals surface area contributed by atoms with E-state index in [-0.39, 0.29) is 23.8 Å². The van der Waals surface area contributed by atoms with Crippen molar-refractivity contribution in [2.75, 3.05) is 7.11 Å². The van der Waals surface area contributed by atoms with Crippen molar-refractivity contribution in [1.82, 2.24) is 0 Å². The highest BCUT2D eigenvalue weighted by Crippen LogP contribution is 2.31. The minimum absolute atomic E-state index is 0.0663. The third kappa shape index (κ3) is 4.34. The summed E-state index contributed by atoms with van der Waals surface area (Å²) >= 11 is 1.15. The van der Waals surface area contributed by atoms with Crippen LogP contribution in [-0.2, 0) is 11.3 Å². The summed E-state index contributed by atoms with van der Waals surface area (Å²) in [5, 5.41) is 11.4. The molecule has 0 saturated heterocycles. The van der Waals surface area contributed by atoms with Crippen molar-refractivity contribution in [3.8, 4) is 11.5 Å². The molecule has 1 aromatic heterocycles. The number of benzene rings is 2. The lowest BCUT2D eigenvalue weighted by atomic mass is 10.2. The summed E-state index contributed by atoms with van der Waals surface area (Å²) in [7, 11) is 1.31.